The van der Waals surface area contributed by atoms with Crippen molar-refractivity contribution in [2.45, 2.75) is 32.0 Å². The summed E-state index contributed by atoms with van der Waals surface area (Å²) < 4.78 is 6.89. The van der Waals surface area contributed by atoms with Gasteiger partial charge in [0, 0.05) is 14.7 Å². The van der Waals surface area contributed by atoms with Crippen LogP contribution in [0.3, 0.4) is 0 Å². The molecule has 2 aromatic rings. The third-order valence-corrected chi connectivity index (χ3v) is 5.07. The van der Waals surface area contributed by atoms with E-state index >= 15 is 0 Å². The summed E-state index contributed by atoms with van der Waals surface area (Å²) in [6.45, 7) is 0.575. The lowest BCUT2D eigenvalue weighted by atomic mass is 9.89. The molecular formula is C15H15BrO2S. The summed E-state index contributed by atoms with van der Waals surface area (Å²) in [7, 11) is 0. The van der Waals surface area contributed by atoms with Crippen LogP contribution < -0.4 is 4.74 Å². The predicted octanol–water partition coefficient (Wildman–Crippen LogP) is 4.46. The van der Waals surface area contributed by atoms with Crippen LogP contribution in [0.4, 0.5) is 0 Å². The van der Waals surface area contributed by atoms with Crippen molar-refractivity contribution in [1.82, 2.24) is 0 Å². The Balaban J connectivity index is 1.73. The Labute approximate surface area is 125 Å². The molecule has 3 rings (SSSR count). The summed E-state index contributed by atoms with van der Waals surface area (Å²) in [6.07, 6.45) is 2.65. The van der Waals surface area contributed by atoms with Crippen LogP contribution in [0.25, 0.3) is 0 Å². The van der Waals surface area contributed by atoms with Crippen molar-refractivity contribution in [3.8, 4) is 5.75 Å². The Morgan fingerprint density at radius 3 is 3.05 bits per heavy atom. The fraction of sp³-hybridized carbons (Fsp3) is 0.333. The summed E-state index contributed by atoms with van der Waals surface area (Å²) in [5.41, 5.74) is 2.29. The number of ether oxygens (including phenoxy) is 1. The highest BCUT2D eigenvalue weighted by Crippen LogP contribution is 2.32. The second-order valence-corrected chi connectivity index (χ2v) is 6.70. The van der Waals surface area contributed by atoms with Gasteiger partial charge in [-0.05, 0) is 64.5 Å². The maximum Gasteiger partial charge on any atom is 0.122 e. The number of benzene rings is 1. The normalized spacial score (nSPS) is 18.1. The fourth-order valence-electron chi connectivity index (χ4n) is 2.43. The molecule has 0 aliphatic heterocycles. The zero-order chi connectivity index (χ0) is 13.2. The highest BCUT2D eigenvalue weighted by molar-refractivity contribution is 9.10. The van der Waals surface area contributed by atoms with E-state index in [1.807, 2.05) is 12.1 Å². The number of thiophene rings is 1. The van der Waals surface area contributed by atoms with Gasteiger partial charge < -0.3 is 9.84 Å². The van der Waals surface area contributed by atoms with E-state index in [1.54, 1.807) is 11.3 Å². The number of fused-ring (bicyclic) bond motifs is 1. The van der Waals surface area contributed by atoms with Crippen LogP contribution in [-0.4, -0.2) is 5.11 Å². The van der Waals surface area contributed by atoms with Crippen molar-refractivity contribution >= 4 is 27.3 Å². The van der Waals surface area contributed by atoms with Crippen LogP contribution in [0.2, 0.25) is 0 Å². The van der Waals surface area contributed by atoms with Crippen molar-refractivity contribution in [3.05, 3.63) is 50.1 Å². The molecule has 0 amide bonds. The molecule has 0 saturated heterocycles. The second-order valence-electron chi connectivity index (χ2n) is 4.79. The van der Waals surface area contributed by atoms with Gasteiger partial charge in [-0.25, -0.2) is 0 Å². The Morgan fingerprint density at radius 1 is 1.37 bits per heavy atom. The average molecular weight is 339 g/mol. The van der Waals surface area contributed by atoms with Crippen molar-refractivity contribution in [3.63, 3.8) is 0 Å². The first-order valence-electron chi connectivity index (χ1n) is 6.39. The SMILES string of the molecule is O[C@H]1CCCc2ccc(OCc3cc(Br)cs3)cc21. The maximum absolute atomic E-state index is 10.0. The van der Waals surface area contributed by atoms with Crippen LogP contribution in [0, 0.1) is 0 Å². The minimum absolute atomic E-state index is 0.330. The van der Waals surface area contributed by atoms with E-state index in [1.165, 1.54) is 10.4 Å². The molecule has 19 heavy (non-hydrogen) atoms. The number of hydrogen-bond acceptors (Lipinski definition) is 3. The summed E-state index contributed by atoms with van der Waals surface area (Å²) in [4.78, 5) is 1.19. The van der Waals surface area contributed by atoms with E-state index in [2.05, 4.69) is 33.4 Å². The fourth-order valence-corrected chi connectivity index (χ4v) is 3.79. The van der Waals surface area contributed by atoms with Gasteiger partial charge in [0.2, 0.25) is 0 Å². The maximum atomic E-state index is 10.0. The number of rotatable bonds is 3. The summed E-state index contributed by atoms with van der Waals surface area (Å²) in [5, 5.41) is 12.1. The highest BCUT2D eigenvalue weighted by atomic mass is 79.9. The molecule has 1 aromatic carbocycles. The quantitative estimate of drug-likeness (QED) is 0.895. The van der Waals surface area contributed by atoms with Gasteiger partial charge in [-0.15, -0.1) is 11.3 Å². The number of aryl methyl sites for hydroxylation is 1. The third kappa shape index (κ3) is 3.02. The van der Waals surface area contributed by atoms with Gasteiger partial charge in [0.1, 0.15) is 12.4 Å². The van der Waals surface area contributed by atoms with Gasteiger partial charge in [-0.1, -0.05) is 6.07 Å². The smallest absolute Gasteiger partial charge is 0.122 e. The molecule has 1 aliphatic rings. The minimum Gasteiger partial charge on any atom is -0.488 e. The molecule has 4 heteroatoms. The number of aliphatic hydroxyl groups excluding tert-OH is 1. The third-order valence-electron chi connectivity index (χ3n) is 3.40. The second kappa shape index (κ2) is 5.65. The molecule has 100 valence electrons. The topological polar surface area (TPSA) is 29.5 Å². The molecule has 1 aliphatic carbocycles. The standard InChI is InChI=1S/C15H15BrO2S/c16-11-6-13(19-9-11)8-18-12-5-4-10-2-1-3-15(17)14(10)7-12/h4-7,9,15,17H,1-3,8H2/t15-/m0/s1. The number of aliphatic hydroxyl groups is 1. The predicted molar refractivity (Wildman–Crippen MR) is 80.7 cm³/mol. The summed E-state index contributed by atoms with van der Waals surface area (Å²) in [5.74, 6) is 0.837. The van der Waals surface area contributed by atoms with Crippen LogP contribution in [-0.2, 0) is 13.0 Å². The first-order valence-corrected chi connectivity index (χ1v) is 8.06. The Morgan fingerprint density at radius 2 is 2.26 bits per heavy atom. The van der Waals surface area contributed by atoms with Gasteiger partial charge in [0.25, 0.3) is 0 Å². The van der Waals surface area contributed by atoms with Crippen LogP contribution in [0.1, 0.15) is 34.9 Å². The summed E-state index contributed by atoms with van der Waals surface area (Å²) >= 11 is 5.11. The van der Waals surface area contributed by atoms with Gasteiger partial charge in [-0.3, -0.25) is 0 Å². The van der Waals surface area contributed by atoms with E-state index in [0.29, 0.717) is 6.61 Å². The van der Waals surface area contributed by atoms with Crippen LogP contribution in [0.15, 0.2) is 34.1 Å². The van der Waals surface area contributed by atoms with E-state index in [4.69, 9.17) is 4.74 Å². The van der Waals surface area contributed by atoms with E-state index < -0.39 is 0 Å². The molecule has 1 aromatic heterocycles. The molecule has 1 atom stereocenters. The molecule has 1 N–H and O–H groups in total. The largest absolute Gasteiger partial charge is 0.488 e. The molecular weight excluding hydrogens is 324 g/mol. The zero-order valence-electron chi connectivity index (χ0n) is 10.4. The first-order chi connectivity index (χ1) is 9.22. The van der Waals surface area contributed by atoms with Crippen LogP contribution in [0.5, 0.6) is 5.75 Å². The van der Waals surface area contributed by atoms with E-state index in [9.17, 15) is 5.11 Å². The Hall–Kier alpha value is -0.840. The Kier molecular flexibility index (Phi) is 3.91. The lowest BCUT2D eigenvalue weighted by molar-refractivity contribution is 0.156. The van der Waals surface area contributed by atoms with Crippen LogP contribution >= 0.6 is 27.3 Å². The molecule has 0 radical (unpaired) electrons. The molecule has 0 fully saturated rings. The number of hydrogen-bond donors (Lipinski definition) is 1. The molecule has 0 saturated carbocycles. The van der Waals surface area contributed by atoms with E-state index in [-0.39, 0.29) is 6.10 Å². The van der Waals surface area contributed by atoms with E-state index in [0.717, 1.165) is 35.0 Å². The van der Waals surface area contributed by atoms with Crippen molar-refractivity contribution in [2.24, 2.45) is 0 Å². The highest BCUT2D eigenvalue weighted by Gasteiger charge is 2.18. The monoisotopic (exact) mass is 338 g/mol. The molecule has 2 nitrogen and oxygen atoms in total. The Bertz CT molecular complexity index is 579. The number of halogens is 1. The van der Waals surface area contributed by atoms with Gasteiger partial charge in [-0.2, -0.15) is 0 Å². The molecule has 0 bridgehead atoms. The van der Waals surface area contributed by atoms with Gasteiger partial charge >= 0.3 is 0 Å². The first kappa shape index (κ1) is 13.2. The van der Waals surface area contributed by atoms with Crippen molar-refractivity contribution in [1.29, 1.82) is 0 Å². The van der Waals surface area contributed by atoms with Crippen molar-refractivity contribution < 1.29 is 9.84 Å². The zero-order valence-corrected chi connectivity index (χ0v) is 12.8. The lowest BCUT2D eigenvalue weighted by Gasteiger charge is -2.21. The minimum atomic E-state index is -0.330. The molecule has 0 unspecified atom stereocenters. The average Bonchev–Trinajstić information content (AvgIpc) is 2.83. The summed E-state index contributed by atoms with van der Waals surface area (Å²) in [6, 6.07) is 8.14. The molecule has 1 heterocycles. The van der Waals surface area contributed by atoms with Gasteiger partial charge in [0.15, 0.2) is 0 Å². The van der Waals surface area contributed by atoms with Gasteiger partial charge in [0.05, 0.1) is 6.10 Å². The molecule has 0 spiro atoms. The van der Waals surface area contributed by atoms with Crippen molar-refractivity contribution in [2.75, 3.05) is 0 Å². The lowest BCUT2D eigenvalue weighted by Crippen LogP contribution is -2.09.